The number of nitrogens with zero attached hydrogens (tertiary/aromatic N) is 2. The first-order chi connectivity index (χ1) is 8.74. The fourth-order valence-electron chi connectivity index (χ4n) is 1.66. The van der Waals surface area contributed by atoms with Crippen molar-refractivity contribution >= 4 is 15.9 Å². The van der Waals surface area contributed by atoms with E-state index >= 15 is 0 Å². The average Bonchev–Trinajstić information content (AvgIpc) is 2.77. The number of aromatic nitrogens is 2. The highest BCUT2D eigenvalue weighted by atomic mass is 79.9. The third kappa shape index (κ3) is 2.85. The molecule has 0 atom stereocenters. The molecule has 0 amide bonds. The molecule has 4 nitrogen and oxygen atoms in total. The van der Waals surface area contributed by atoms with Gasteiger partial charge >= 0.3 is 0 Å². The zero-order valence-corrected chi connectivity index (χ0v) is 12.0. The largest absolute Gasteiger partial charge is 0.497 e. The van der Waals surface area contributed by atoms with Gasteiger partial charge in [0.2, 0.25) is 0 Å². The van der Waals surface area contributed by atoms with E-state index in [9.17, 15) is 0 Å². The summed E-state index contributed by atoms with van der Waals surface area (Å²) in [4.78, 5) is 4.21. The smallest absolute Gasteiger partial charge is 0.177 e. The van der Waals surface area contributed by atoms with Gasteiger partial charge in [-0.25, -0.2) is 4.98 Å². The van der Waals surface area contributed by atoms with Crippen LogP contribution in [0.5, 0.6) is 11.5 Å². The van der Waals surface area contributed by atoms with Crippen LogP contribution in [0, 0.1) is 0 Å². The van der Waals surface area contributed by atoms with Crippen LogP contribution in [-0.4, -0.2) is 16.7 Å². The van der Waals surface area contributed by atoms with Crippen LogP contribution in [0.1, 0.15) is 12.6 Å². The van der Waals surface area contributed by atoms with E-state index in [4.69, 9.17) is 9.47 Å². The van der Waals surface area contributed by atoms with Crippen molar-refractivity contribution < 1.29 is 9.47 Å². The Morgan fingerprint density at radius 3 is 2.50 bits per heavy atom. The monoisotopic (exact) mass is 310 g/mol. The highest BCUT2D eigenvalue weighted by Gasteiger charge is 2.06. The molecule has 1 heterocycles. The van der Waals surface area contributed by atoms with Crippen molar-refractivity contribution in [3.63, 3.8) is 0 Å². The topological polar surface area (TPSA) is 36.3 Å². The molecule has 0 fully saturated rings. The van der Waals surface area contributed by atoms with Crippen molar-refractivity contribution in [2.24, 2.45) is 0 Å². The van der Waals surface area contributed by atoms with E-state index in [0.717, 1.165) is 28.5 Å². The van der Waals surface area contributed by atoms with Gasteiger partial charge in [0.25, 0.3) is 0 Å². The molecule has 1 aromatic carbocycles. The summed E-state index contributed by atoms with van der Waals surface area (Å²) in [5, 5.41) is 0. The molecule has 0 N–H and O–H groups in total. The normalized spacial score (nSPS) is 10.4. The zero-order chi connectivity index (χ0) is 13.0. The Morgan fingerprint density at radius 2 is 1.89 bits per heavy atom. The maximum Gasteiger partial charge on any atom is 0.177 e. The van der Waals surface area contributed by atoms with E-state index in [2.05, 4.69) is 32.4 Å². The lowest BCUT2D eigenvalue weighted by Gasteiger charge is -2.09. The molecule has 0 unspecified atom stereocenters. The van der Waals surface area contributed by atoms with Crippen molar-refractivity contribution in [3.05, 3.63) is 40.9 Å². The molecule has 0 radical (unpaired) electrons. The number of hydrogen-bond acceptors (Lipinski definition) is 3. The minimum Gasteiger partial charge on any atom is -0.497 e. The maximum atomic E-state index is 5.71. The van der Waals surface area contributed by atoms with Gasteiger partial charge in [0.05, 0.1) is 19.0 Å². The maximum absolute atomic E-state index is 5.71. The van der Waals surface area contributed by atoms with Crippen molar-refractivity contribution in [2.45, 2.75) is 20.1 Å². The molecule has 2 aromatic rings. The first-order valence-electron chi connectivity index (χ1n) is 5.71. The molecule has 18 heavy (non-hydrogen) atoms. The predicted molar refractivity (Wildman–Crippen MR) is 72.9 cm³/mol. The van der Waals surface area contributed by atoms with Gasteiger partial charge in [-0.2, -0.15) is 0 Å². The molecule has 0 aliphatic rings. The van der Waals surface area contributed by atoms with E-state index in [1.807, 2.05) is 30.5 Å². The first-order valence-corrected chi connectivity index (χ1v) is 6.50. The van der Waals surface area contributed by atoms with Gasteiger partial charge in [0.15, 0.2) is 4.73 Å². The van der Waals surface area contributed by atoms with Crippen molar-refractivity contribution in [3.8, 4) is 11.5 Å². The Balaban J connectivity index is 2.02. The highest BCUT2D eigenvalue weighted by Crippen LogP contribution is 2.19. The van der Waals surface area contributed by atoms with Crippen LogP contribution in [0.15, 0.2) is 35.2 Å². The number of halogens is 1. The molecule has 1 aromatic heterocycles. The molecule has 96 valence electrons. The molecule has 5 heteroatoms. The Morgan fingerprint density at radius 1 is 1.22 bits per heavy atom. The summed E-state index contributed by atoms with van der Waals surface area (Å²) < 4.78 is 13.7. The lowest BCUT2D eigenvalue weighted by Crippen LogP contribution is -2.04. The van der Waals surface area contributed by atoms with Crippen LogP contribution >= 0.6 is 15.9 Å². The summed E-state index contributed by atoms with van der Waals surface area (Å²) in [7, 11) is 1.65. The van der Waals surface area contributed by atoms with Crippen LogP contribution in [0.3, 0.4) is 0 Å². The van der Waals surface area contributed by atoms with E-state index in [1.165, 1.54) is 0 Å². The summed E-state index contributed by atoms with van der Waals surface area (Å²) in [5.74, 6) is 1.64. The van der Waals surface area contributed by atoms with Gasteiger partial charge in [-0.15, -0.1) is 0 Å². The van der Waals surface area contributed by atoms with E-state index in [1.54, 1.807) is 7.11 Å². The Bertz CT molecular complexity index is 508. The standard InChI is InChI=1S/C13H15BrN2O2/c1-3-16-10(8-15-13(16)14)9-18-12-6-4-11(17-2)5-7-12/h4-8H,3,9H2,1-2H3. The van der Waals surface area contributed by atoms with Gasteiger partial charge in [-0.3, -0.25) is 0 Å². The van der Waals surface area contributed by atoms with Crippen LogP contribution in [-0.2, 0) is 13.2 Å². The number of imidazole rings is 1. The molecule has 0 spiro atoms. The summed E-state index contributed by atoms with van der Waals surface area (Å²) in [6, 6.07) is 7.53. The molecule has 0 aliphatic carbocycles. The SMILES string of the molecule is CCn1c(COc2ccc(OC)cc2)cnc1Br. The van der Waals surface area contributed by atoms with E-state index in [-0.39, 0.29) is 0 Å². The third-order valence-electron chi connectivity index (χ3n) is 2.65. The van der Waals surface area contributed by atoms with Crippen molar-refractivity contribution in [1.29, 1.82) is 0 Å². The van der Waals surface area contributed by atoms with Crippen molar-refractivity contribution in [2.75, 3.05) is 7.11 Å². The molecule has 2 rings (SSSR count). The van der Waals surface area contributed by atoms with E-state index in [0.29, 0.717) is 6.61 Å². The minimum atomic E-state index is 0.499. The first kappa shape index (κ1) is 13.0. The quantitative estimate of drug-likeness (QED) is 0.850. The number of methoxy groups -OCH3 is 1. The fourth-order valence-corrected chi connectivity index (χ4v) is 2.24. The molecule has 0 saturated carbocycles. The van der Waals surface area contributed by atoms with Gasteiger partial charge in [-0.05, 0) is 47.1 Å². The van der Waals surface area contributed by atoms with Gasteiger partial charge < -0.3 is 14.0 Å². The lowest BCUT2D eigenvalue weighted by molar-refractivity contribution is 0.294. The number of rotatable bonds is 5. The fraction of sp³-hybridized carbons (Fsp3) is 0.308. The average molecular weight is 311 g/mol. The van der Waals surface area contributed by atoms with Gasteiger partial charge in [0, 0.05) is 6.54 Å². The van der Waals surface area contributed by atoms with Crippen LogP contribution in [0.4, 0.5) is 0 Å². The Hall–Kier alpha value is -1.49. The second-order valence-corrected chi connectivity index (χ2v) is 4.44. The predicted octanol–water partition coefficient (Wildman–Crippen LogP) is 3.25. The molecule has 0 saturated heterocycles. The highest BCUT2D eigenvalue weighted by molar-refractivity contribution is 9.10. The summed E-state index contributed by atoms with van der Waals surface area (Å²) >= 11 is 3.40. The third-order valence-corrected chi connectivity index (χ3v) is 3.28. The lowest BCUT2D eigenvalue weighted by atomic mass is 10.3. The second kappa shape index (κ2) is 5.91. The van der Waals surface area contributed by atoms with E-state index < -0.39 is 0 Å². The minimum absolute atomic E-state index is 0.499. The molecular weight excluding hydrogens is 296 g/mol. The van der Waals surface area contributed by atoms with Gasteiger partial charge in [-0.1, -0.05) is 0 Å². The number of hydrogen-bond donors (Lipinski definition) is 0. The summed E-state index contributed by atoms with van der Waals surface area (Å²) in [5.41, 5.74) is 1.04. The van der Waals surface area contributed by atoms with Crippen molar-refractivity contribution in [1.82, 2.24) is 9.55 Å². The summed E-state index contributed by atoms with van der Waals surface area (Å²) in [6.07, 6.45) is 1.82. The Kier molecular flexibility index (Phi) is 4.25. The van der Waals surface area contributed by atoms with Gasteiger partial charge in [0.1, 0.15) is 18.1 Å². The number of ether oxygens (including phenoxy) is 2. The molecule has 0 aliphatic heterocycles. The zero-order valence-electron chi connectivity index (χ0n) is 10.4. The Labute approximate surface area is 115 Å². The molecular formula is C13H15BrN2O2. The summed E-state index contributed by atoms with van der Waals surface area (Å²) in [6.45, 7) is 3.43. The number of benzene rings is 1. The second-order valence-electron chi connectivity index (χ2n) is 3.73. The molecule has 0 bridgehead atoms. The van der Waals surface area contributed by atoms with Crippen LogP contribution < -0.4 is 9.47 Å². The van der Waals surface area contributed by atoms with Crippen LogP contribution in [0.25, 0.3) is 0 Å². The van der Waals surface area contributed by atoms with Crippen LogP contribution in [0.2, 0.25) is 0 Å².